The van der Waals surface area contributed by atoms with Crippen LogP contribution in [-0.4, -0.2) is 22.2 Å². The van der Waals surface area contributed by atoms with E-state index in [1.165, 1.54) is 51.4 Å². The summed E-state index contributed by atoms with van der Waals surface area (Å²) in [5, 5.41) is 17.0. The normalized spacial score (nSPS) is 12.2. The number of aliphatic carboxylic acids is 2. The molecule has 0 saturated heterocycles. The summed E-state index contributed by atoms with van der Waals surface area (Å²) >= 11 is 0. The first-order valence-electron chi connectivity index (χ1n) is 16.5. The molecule has 2 N–H and O–H groups in total. The van der Waals surface area contributed by atoms with E-state index in [9.17, 15) is 9.59 Å². The van der Waals surface area contributed by atoms with E-state index >= 15 is 0 Å². The Kier molecular flexibility index (Phi) is 37.4. The summed E-state index contributed by atoms with van der Waals surface area (Å²) in [5.74, 6) is -1.41. The number of carbonyl (C=O) groups is 2. The minimum atomic E-state index is -0.712. The number of hydrogen-bond acceptors (Lipinski definition) is 2. The van der Waals surface area contributed by atoms with Gasteiger partial charge in [0, 0.05) is 12.8 Å². The van der Waals surface area contributed by atoms with E-state index in [1.807, 2.05) is 0 Å². The molecule has 0 aromatic rings. The van der Waals surface area contributed by atoms with Gasteiger partial charge in [-0.15, -0.1) is 0 Å². The Hall–Kier alpha value is -2.88. The average Bonchev–Trinajstić information content (AvgIpc) is 2.97. The molecule has 0 aliphatic carbocycles. The summed E-state index contributed by atoms with van der Waals surface area (Å²) in [6.07, 6.45) is 50.7. The molecule has 0 unspecified atom stereocenters. The molecular formula is C38H62O4. The van der Waals surface area contributed by atoms with Crippen LogP contribution in [0.1, 0.15) is 142 Å². The number of carboxylic acid groups (broad SMARTS) is 2. The van der Waals surface area contributed by atoms with Crippen molar-refractivity contribution in [1.29, 1.82) is 0 Å². The molecule has 238 valence electrons. The van der Waals surface area contributed by atoms with Crippen LogP contribution in [-0.2, 0) is 9.59 Å². The molecule has 0 aromatic heterocycles. The van der Waals surface area contributed by atoms with Crippen molar-refractivity contribution in [3.8, 4) is 0 Å². The zero-order valence-electron chi connectivity index (χ0n) is 26.9. The number of allylic oxidation sites excluding steroid dienone is 14. The smallest absolute Gasteiger partial charge is 0.303 e. The second kappa shape index (κ2) is 38.1. The highest BCUT2D eigenvalue weighted by Gasteiger charge is 1.94. The van der Waals surface area contributed by atoms with Crippen molar-refractivity contribution in [1.82, 2.24) is 0 Å². The summed E-state index contributed by atoms with van der Waals surface area (Å²) in [6, 6.07) is 0. The maximum absolute atomic E-state index is 10.3. The number of hydrogen-bond donors (Lipinski definition) is 2. The van der Waals surface area contributed by atoms with Crippen LogP contribution in [0, 0.1) is 0 Å². The van der Waals surface area contributed by atoms with Crippen molar-refractivity contribution < 1.29 is 19.8 Å². The van der Waals surface area contributed by atoms with Crippen molar-refractivity contribution in [2.45, 2.75) is 142 Å². The molecule has 0 atom stereocenters. The summed E-state index contributed by atoms with van der Waals surface area (Å²) < 4.78 is 0. The highest BCUT2D eigenvalue weighted by Crippen LogP contribution is 2.03. The van der Waals surface area contributed by atoms with Gasteiger partial charge in [0.15, 0.2) is 0 Å². The topological polar surface area (TPSA) is 74.6 Å². The highest BCUT2D eigenvalue weighted by molar-refractivity contribution is 5.66. The first kappa shape index (κ1) is 41.3. The lowest BCUT2D eigenvalue weighted by atomic mass is 10.2. The number of rotatable bonds is 27. The minimum absolute atomic E-state index is 0.262. The predicted octanol–water partition coefficient (Wildman–Crippen LogP) is 11.9. The van der Waals surface area contributed by atoms with Gasteiger partial charge in [0.05, 0.1) is 0 Å². The molecule has 0 bridgehead atoms. The second-order valence-corrected chi connectivity index (χ2v) is 10.4. The fraction of sp³-hybridized carbons (Fsp3) is 0.579. The first-order valence-corrected chi connectivity index (χ1v) is 16.5. The van der Waals surface area contributed by atoms with Crippen molar-refractivity contribution in [3.05, 3.63) is 85.1 Å². The van der Waals surface area contributed by atoms with Crippen LogP contribution in [0.2, 0.25) is 0 Å². The standard InChI is InChI=1S/C20H32O2.C18H30O2/c1-2-3-4-5-6-7-8-9-10-11-12-13-14-15-16-17-18-19-20(21)22;1-2-3-4-5-6-7-8-9-10-11-12-13-14-15-16-17-18(19)20/h6-7,9-10,12-13,15-16H,2-5,8,11,14,17-19H2,1H3,(H,21,22);6-7,9-10,12-13H,2-5,8,11,14-17H2,1H3,(H,19,20)/b7-6+,10-9-,13-12-,16-15+;7-6+,10-9-,13-12-. The largest absolute Gasteiger partial charge is 0.481 e. The fourth-order valence-electron chi connectivity index (χ4n) is 3.76. The zero-order valence-corrected chi connectivity index (χ0v) is 26.9. The van der Waals surface area contributed by atoms with Crippen LogP contribution in [0.4, 0.5) is 0 Å². The van der Waals surface area contributed by atoms with E-state index in [0.717, 1.165) is 64.2 Å². The fourth-order valence-corrected chi connectivity index (χ4v) is 3.76. The van der Waals surface area contributed by atoms with Crippen molar-refractivity contribution in [2.24, 2.45) is 0 Å². The monoisotopic (exact) mass is 582 g/mol. The molecule has 4 heteroatoms. The van der Waals surface area contributed by atoms with Gasteiger partial charge in [0.1, 0.15) is 0 Å². The van der Waals surface area contributed by atoms with Crippen LogP contribution in [0.15, 0.2) is 85.1 Å². The van der Waals surface area contributed by atoms with Crippen molar-refractivity contribution in [2.75, 3.05) is 0 Å². The molecule has 0 spiro atoms. The van der Waals surface area contributed by atoms with Crippen LogP contribution in [0.3, 0.4) is 0 Å². The molecule has 4 nitrogen and oxygen atoms in total. The molecule has 0 aliphatic heterocycles. The molecule has 0 saturated carbocycles. The van der Waals surface area contributed by atoms with Gasteiger partial charge in [-0.05, 0) is 89.9 Å². The molecule has 0 radical (unpaired) electrons. The maximum atomic E-state index is 10.3. The Bertz CT molecular complexity index is 796. The van der Waals surface area contributed by atoms with Crippen molar-refractivity contribution in [3.63, 3.8) is 0 Å². The molecule has 0 amide bonds. The predicted molar refractivity (Wildman–Crippen MR) is 183 cm³/mol. The van der Waals surface area contributed by atoms with Gasteiger partial charge in [0.25, 0.3) is 0 Å². The van der Waals surface area contributed by atoms with Gasteiger partial charge >= 0.3 is 11.9 Å². The quantitative estimate of drug-likeness (QED) is 0.0746. The van der Waals surface area contributed by atoms with Gasteiger partial charge in [-0.2, -0.15) is 0 Å². The van der Waals surface area contributed by atoms with E-state index in [1.54, 1.807) is 0 Å². The Morgan fingerprint density at radius 2 is 0.643 bits per heavy atom. The van der Waals surface area contributed by atoms with E-state index in [-0.39, 0.29) is 6.42 Å². The third-order valence-electron chi connectivity index (χ3n) is 6.25. The molecule has 0 aliphatic rings. The van der Waals surface area contributed by atoms with Crippen LogP contribution >= 0.6 is 0 Å². The van der Waals surface area contributed by atoms with Gasteiger partial charge in [-0.3, -0.25) is 9.59 Å². The molecule has 0 heterocycles. The summed E-state index contributed by atoms with van der Waals surface area (Å²) in [6.45, 7) is 4.46. The zero-order chi connectivity index (χ0) is 31.2. The lowest BCUT2D eigenvalue weighted by molar-refractivity contribution is -0.138. The van der Waals surface area contributed by atoms with Crippen LogP contribution < -0.4 is 0 Å². The summed E-state index contributed by atoms with van der Waals surface area (Å²) in [5.41, 5.74) is 0. The van der Waals surface area contributed by atoms with E-state index in [4.69, 9.17) is 10.2 Å². The Morgan fingerprint density at radius 1 is 0.381 bits per heavy atom. The van der Waals surface area contributed by atoms with E-state index in [0.29, 0.717) is 6.42 Å². The third kappa shape index (κ3) is 44.1. The van der Waals surface area contributed by atoms with Gasteiger partial charge in [-0.1, -0.05) is 125 Å². The number of carboxylic acids is 2. The average molecular weight is 583 g/mol. The van der Waals surface area contributed by atoms with Gasteiger partial charge in [-0.25, -0.2) is 0 Å². The van der Waals surface area contributed by atoms with Gasteiger partial charge in [0.2, 0.25) is 0 Å². The Morgan fingerprint density at radius 3 is 0.952 bits per heavy atom. The third-order valence-corrected chi connectivity index (χ3v) is 6.25. The van der Waals surface area contributed by atoms with Crippen LogP contribution in [0.5, 0.6) is 0 Å². The van der Waals surface area contributed by atoms with E-state index < -0.39 is 11.9 Å². The highest BCUT2D eigenvalue weighted by atomic mass is 16.4. The Balaban J connectivity index is 0. The molecule has 42 heavy (non-hydrogen) atoms. The molecule has 0 rings (SSSR count). The summed E-state index contributed by atoms with van der Waals surface area (Å²) in [7, 11) is 0. The molecular weight excluding hydrogens is 520 g/mol. The van der Waals surface area contributed by atoms with Crippen LogP contribution in [0.25, 0.3) is 0 Å². The molecule has 0 fully saturated rings. The SMILES string of the molecule is CCCCC/C=C/C/C=C\C/C=C\C/C=C/CCCC(=O)O.CCCCC/C=C/C/C=C\C/C=C\CCCCC(=O)O. The number of unbranched alkanes of at least 4 members (excludes halogenated alkanes) is 9. The maximum Gasteiger partial charge on any atom is 0.303 e. The van der Waals surface area contributed by atoms with E-state index in [2.05, 4.69) is 98.9 Å². The lowest BCUT2D eigenvalue weighted by Crippen LogP contribution is -1.92. The summed E-state index contributed by atoms with van der Waals surface area (Å²) in [4.78, 5) is 20.6. The minimum Gasteiger partial charge on any atom is -0.481 e. The Labute approximate surface area is 258 Å². The second-order valence-electron chi connectivity index (χ2n) is 10.4. The lowest BCUT2D eigenvalue weighted by Gasteiger charge is -1.92. The molecule has 0 aromatic carbocycles. The van der Waals surface area contributed by atoms with Gasteiger partial charge < -0.3 is 10.2 Å². The first-order chi connectivity index (χ1) is 20.5. The van der Waals surface area contributed by atoms with Crippen molar-refractivity contribution >= 4 is 11.9 Å².